The van der Waals surface area contributed by atoms with Crippen LogP contribution in [-0.2, 0) is 0 Å². The lowest BCUT2D eigenvalue weighted by atomic mass is 10.1. The fourth-order valence-electron chi connectivity index (χ4n) is 1.41. The second kappa shape index (κ2) is 3.95. The van der Waals surface area contributed by atoms with E-state index in [0.29, 0.717) is 11.8 Å². The Kier molecular flexibility index (Phi) is 2.64. The molecular formula is C12H9FOS. The predicted molar refractivity (Wildman–Crippen MR) is 59.8 cm³/mol. The molecule has 0 spiro atoms. The molecule has 0 saturated carbocycles. The molecule has 2 rings (SSSR count). The van der Waals surface area contributed by atoms with Crippen molar-refractivity contribution in [3.63, 3.8) is 0 Å². The van der Waals surface area contributed by atoms with Gasteiger partial charge in [0.15, 0.2) is 6.29 Å². The minimum atomic E-state index is -0.436. The number of aryl methyl sites for hydroxylation is 1. The van der Waals surface area contributed by atoms with Crippen LogP contribution >= 0.6 is 11.3 Å². The number of aldehydes is 1. The van der Waals surface area contributed by atoms with E-state index < -0.39 is 5.82 Å². The van der Waals surface area contributed by atoms with E-state index in [1.165, 1.54) is 17.4 Å². The molecule has 3 heteroatoms. The standard InChI is InChI=1S/C12H9FOS/c1-8-5-6-11(15-8)10-4-2-3-9(7-14)12(10)13/h2-7H,1H3. The maximum Gasteiger partial charge on any atom is 0.153 e. The second-order valence-electron chi connectivity index (χ2n) is 3.24. The van der Waals surface area contributed by atoms with Crippen molar-refractivity contribution in [3.05, 3.63) is 46.6 Å². The van der Waals surface area contributed by atoms with Crippen LogP contribution in [-0.4, -0.2) is 6.29 Å². The summed E-state index contributed by atoms with van der Waals surface area (Å²) in [5.41, 5.74) is 0.608. The van der Waals surface area contributed by atoms with E-state index in [1.807, 2.05) is 19.1 Å². The van der Waals surface area contributed by atoms with Crippen molar-refractivity contribution < 1.29 is 9.18 Å². The average Bonchev–Trinajstić information content (AvgIpc) is 2.65. The molecule has 0 unspecified atom stereocenters. The van der Waals surface area contributed by atoms with Crippen molar-refractivity contribution in [2.45, 2.75) is 6.92 Å². The first-order valence-corrected chi connectivity index (χ1v) is 5.34. The number of hydrogen-bond acceptors (Lipinski definition) is 2. The Morgan fingerprint density at radius 2 is 2.07 bits per heavy atom. The lowest BCUT2D eigenvalue weighted by Crippen LogP contribution is -1.89. The zero-order chi connectivity index (χ0) is 10.8. The van der Waals surface area contributed by atoms with Gasteiger partial charge in [-0.1, -0.05) is 12.1 Å². The van der Waals surface area contributed by atoms with Crippen LogP contribution in [0.4, 0.5) is 4.39 Å². The quantitative estimate of drug-likeness (QED) is 0.706. The normalized spacial score (nSPS) is 10.3. The summed E-state index contributed by atoms with van der Waals surface area (Å²) in [6, 6.07) is 8.66. The van der Waals surface area contributed by atoms with E-state index in [9.17, 15) is 9.18 Å². The fraction of sp³-hybridized carbons (Fsp3) is 0.0833. The van der Waals surface area contributed by atoms with Gasteiger partial charge in [-0.15, -0.1) is 11.3 Å². The van der Waals surface area contributed by atoms with Gasteiger partial charge in [0.1, 0.15) is 5.82 Å². The van der Waals surface area contributed by atoms with Crippen LogP contribution in [0.15, 0.2) is 30.3 Å². The molecular weight excluding hydrogens is 211 g/mol. The lowest BCUT2D eigenvalue weighted by Gasteiger charge is -2.01. The maximum absolute atomic E-state index is 13.7. The molecule has 0 radical (unpaired) electrons. The number of halogens is 1. The molecule has 0 atom stereocenters. The molecule has 0 aliphatic heterocycles. The Morgan fingerprint density at radius 1 is 1.27 bits per heavy atom. The van der Waals surface area contributed by atoms with Crippen LogP contribution in [0.3, 0.4) is 0 Å². The van der Waals surface area contributed by atoms with Gasteiger partial charge in [-0.3, -0.25) is 4.79 Å². The molecule has 0 bridgehead atoms. The van der Waals surface area contributed by atoms with Crippen molar-refractivity contribution >= 4 is 17.6 Å². The predicted octanol–water partition coefficient (Wildman–Crippen LogP) is 3.68. The van der Waals surface area contributed by atoms with Gasteiger partial charge in [-0.05, 0) is 25.1 Å². The SMILES string of the molecule is Cc1ccc(-c2cccc(C=O)c2F)s1. The minimum Gasteiger partial charge on any atom is -0.298 e. The van der Waals surface area contributed by atoms with Crippen LogP contribution in [0, 0.1) is 12.7 Å². The van der Waals surface area contributed by atoms with Gasteiger partial charge >= 0.3 is 0 Å². The highest BCUT2D eigenvalue weighted by Crippen LogP contribution is 2.30. The molecule has 2 aromatic rings. The fourth-order valence-corrected chi connectivity index (χ4v) is 2.30. The van der Waals surface area contributed by atoms with Gasteiger partial charge in [-0.25, -0.2) is 4.39 Å². The lowest BCUT2D eigenvalue weighted by molar-refractivity contribution is 0.112. The summed E-state index contributed by atoms with van der Waals surface area (Å²) in [6.07, 6.45) is 0.541. The Labute approximate surface area is 91.2 Å². The first-order chi connectivity index (χ1) is 7.22. The molecule has 1 aromatic carbocycles. The van der Waals surface area contributed by atoms with Crippen LogP contribution in [0.2, 0.25) is 0 Å². The number of carbonyl (C=O) groups is 1. The van der Waals surface area contributed by atoms with E-state index in [4.69, 9.17) is 0 Å². The van der Waals surface area contributed by atoms with Crippen LogP contribution in [0.5, 0.6) is 0 Å². The number of rotatable bonds is 2. The molecule has 0 saturated heterocycles. The van der Waals surface area contributed by atoms with E-state index in [0.717, 1.165) is 9.75 Å². The molecule has 1 nitrogen and oxygen atoms in total. The van der Waals surface area contributed by atoms with Crippen molar-refractivity contribution in [1.82, 2.24) is 0 Å². The molecule has 76 valence electrons. The van der Waals surface area contributed by atoms with Gasteiger partial charge < -0.3 is 0 Å². The zero-order valence-corrected chi connectivity index (χ0v) is 8.98. The van der Waals surface area contributed by atoms with E-state index in [1.54, 1.807) is 12.1 Å². The molecule has 0 aliphatic rings. The third-order valence-electron chi connectivity index (χ3n) is 2.16. The van der Waals surface area contributed by atoms with Crippen molar-refractivity contribution in [2.75, 3.05) is 0 Å². The first kappa shape index (κ1) is 10.1. The summed E-state index contributed by atoms with van der Waals surface area (Å²) in [7, 11) is 0. The zero-order valence-electron chi connectivity index (χ0n) is 8.16. The molecule has 0 amide bonds. The minimum absolute atomic E-state index is 0.110. The van der Waals surface area contributed by atoms with Gasteiger partial charge in [0, 0.05) is 15.3 Å². The van der Waals surface area contributed by atoms with Crippen molar-refractivity contribution in [2.24, 2.45) is 0 Å². The molecule has 15 heavy (non-hydrogen) atoms. The summed E-state index contributed by atoms with van der Waals surface area (Å²) in [6.45, 7) is 1.97. The summed E-state index contributed by atoms with van der Waals surface area (Å²) in [5, 5.41) is 0. The Balaban J connectivity index is 2.58. The monoisotopic (exact) mass is 220 g/mol. The third kappa shape index (κ3) is 1.83. The number of benzene rings is 1. The third-order valence-corrected chi connectivity index (χ3v) is 3.20. The van der Waals surface area contributed by atoms with Crippen LogP contribution in [0.1, 0.15) is 15.2 Å². The molecule has 0 N–H and O–H groups in total. The Bertz CT molecular complexity index is 502. The van der Waals surface area contributed by atoms with E-state index in [-0.39, 0.29) is 5.56 Å². The molecule has 0 aliphatic carbocycles. The first-order valence-electron chi connectivity index (χ1n) is 4.53. The average molecular weight is 220 g/mol. The van der Waals surface area contributed by atoms with Gasteiger partial charge in [-0.2, -0.15) is 0 Å². The molecule has 1 heterocycles. The molecule has 0 fully saturated rings. The topological polar surface area (TPSA) is 17.1 Å². The summed E-state index contributed by atoms with van der Waals surface area (Å²) in [5.74, 6) is -0.436. The van der Waals surface area contributed by atoms with Crippen LogP contribution in [0.25, 0.3) is 10.4 Å². The van der Waals surface area contributed by atoms with Crippen LogP contribution < -0.4 is 0 Å². The number of hydrogen-bond donors (Lipinski definition) is 0. The van der Waals surface area contributed by atoms with Gasteiger partial charge in [0.25, 0.3) is 0 Å². The summed E-state index contributed by atoms with van der Waals surface area (Å²) in [4.78, 5) is 12.6. The summed E-state index contributed by atoms with van der Waals surface area (Å²) >= 11 is 1.52. The van der Waals surface area contributed by atoms with Crippen molar-refractivity contribution in [3.8, 4) is 10.4 Å². The Hall–Kier alpha value is -1.48. The van der Waals surface area contributed by atoms with E-state index in [2.05, 4.69) is 0 Å². The Morgan fingerprint density at radius 3 is 2.67 bits per heavy atom. The highest BCUT2D eigenvalue weighted by atomic mass is 32.1. The van der Waals surface area contributed by atoms with E-state index >= 15 is 0 Å². The summed E-state index contributed by atoms with van der Waals surface area (Å²) < 4.78 is 13.7. The highest BCUT2D eigenvalue weighted by molar-refractivity contribution is 7.15. The maximum atomic E-state index is 13.7. The molecule has 1 aromatic heterocycles. The largest absolute Gasteiger partial charge is 0.298 e. The number of carbonyl (C=O) groups excluding carboxylic acids is 1. The van der Waals surface area contributed by atoms with Gasteiger partial charge in [0.05, 0.1) is 5.56 Å². The smallest absolute Gasteiger partial charge is 0.153 e. The highest BCUT2D eigenvalue weighted by Gasteiger charge is 2.10. The van der Waals surface area contributed by atoms with Crippen molar-refractivity contribution in [1.29, 1.82) is 0 Å². The number of thiophene rings is 1. The van der Waals surface area contributed by atoms with Gasteiger partial charge in [0.2, 0.25) is 0 Å². The second-order valence-corrected chi connectivity index (χ2v) is 4.52.